The van der Waals surface area contributed by atoms with E-state index in [9.17, 15) is 4.79 Å². The third-order valence-corrected chi connectivity index (χ3v) is 4.16. The van der Waals surface area contributed by atoms with Crippen LogP contribution in [-0.4, -0.2) is 13.0 Å². The number of nitrogens with one attached hydrogen (secondary N) is 1. The van der Waals surface area contributed by atoms with Crippen LogP contribution in [0.2, 0.25) is 0 Å². The van der Waals surface area contributed by atoms with Gasteiger partial charge >= 0.3 is 0 Å². The number of nitrogens with zero attached hydrogens (tertiary/aromatic N) is 1. The first-order chi connectivity index (χ1) is 10.1. The molecule has 0 radical (unpaired) electrons. The average Bonchev–Trinajstić information content (AvgIpc) is 2.90. The number of rotatable bonds is 4. The number of ether oxygens (including phenoxy) is 1. The van der Waals surface area contributed by atoms with E-state index in [0.717, 1.165) is 8.66 Å². The average molecular weight is 363 g/mol. The van der Waals surface area contributed by atoms with E-state index in [2.05, 4.69) is 21.2 Å². The predicted molar refractivity (Wildman–Crippen MR) is 87.2 cm³/mol. The number of amides is 1. The summed E-state index contributed by atoms with van der Waals surface area (Å²) in [6.45, 7) is 0. The van der Waals surface area contributed by atoms with Crippen molar-refractivity contribution in [2.24, 2.45) is 0 Å². The topological polar surface area (TPSA) is 62.1 Å². The number of methoxy groups -OCH3 is 1. The van der Waals surface area contributed by atoms with E-state index < -0.39 is 5.91 Å². The van der Waals surface area contributed by atoms with Crippen LogP contribution in [0.25, 0.3) is 6.08 Å². The van der Waals surface area contributed by atoms with Crippen molar-refractivity contribution in [2.45, 2.75) is 0 Å². The third kappa shape index (κ3) is 4.18. The molecule has 0 aliphatic rings. The molecule has 0 aliphatic heterocycles. The molecule has 0 spiro atoms. The summed E-state index contributed by atoms with van der Waals surface area (Å²) < 4.78 is 5.99. The van der Waals surface area contributed by atoms with Crippen LogP contribution in [0, 0.1) is 11.3 Å². The Bertz CT molecular complexity index is 714. The van der Waals surface area contributed by atoms with Crippen LogP contribution in [0.3, 0.4) is 0 Å². The van der Waals surface area contributed by atoms with Crippen LogP contribution in [0.15, 0.2) is 45.8 Å². The third-order valence-electron chi connectivity index (χ3n) is 2.59. The maximum atomic E-state index is 12.1. The summed E-state index contributed by atoms with van der Waals surface area (Å²) >= 11 is 4.80. The van der Waals surface area contributed by atoms with Crippen molar-refractivity contribution in [1.29, 1.82) is 5.26 Å². The van der Waals surface area contributed by atoms with Gasteiger partial charge in [-0.05, 0) is 58.4 Å². The largest absolute Gasteiger partial charge is 0.497 e. The minimum Gasteiger partial charge on any atom is -0.497 e. The van der Waals surface area contributed by atoms with Gasteiger partial charge in [-0.25, -0.2) is 0 Å². The maximum Gasteiger partial charge on any atom is 0.266 e. The Labute approximate surface area is 134 Å². The first-order valence-corrected chi connectivity index (χ1v) is 7.56. The summed E-state index contributed by atoms with van der Waals surface area (Å²) in [6, 6.07) is 12.5. The van der Waals surface area contributed by atoms with Gasteiger partial charge < -0.3 is 10.1 Å². The van der Waals surface area contributed by atoms with Gasteiger partial charge in [0.2, 0.25) is 0 Å². The SMILES string of the molecule is COc1ccc(NC(=O)C(C#N)=Cc2ccc(Br)s2)cc1. The van der Waals surface area contributed by atoms with Gasteiger partial charge in [-0.1, -0.05) is 0 Å². The second-order valence-electron chi connectivity index (χ2n) is 3.99. The maximum absolute atomic E-state index is 12.1. The van der Waals surface area contributed by atoms with Crippen molar-refractivity contribution < 1.29 is 9.53 Å². The van der Waals surface area contributed by atoms with Gasteiger partial charge in [-0.15, -0.1) is 11.3 Å². The number of anilines is 1. The Morgan fingerprint density at radius 2 is 2.05 bits per heavy atom. The quantitative estimate of drug-likeness (QED) is 0.658. The fourth-order valence-corrected chi connectivity index (χ4v) is 2.94. The molecule has 2 rings (SSSR count). The number of thiophene rings is 1. The second kappa shape index (κ2) is 7.07. The molecule has 6 heteroatoms. The number of hydrogen-bond acceptors (Lipinski definition) is 4. The van der Waals surface area contributed by atoms with Gasteiger partial charge in [0.05, 0.1) is 10.9 Å². The fraction of sp³-hybridized carbons (Fsp3) is 0.0667. The Morgan fingerprint density at radius 1 is 1.33 bits per heavy atom. The van der Waals surface area contributed by atoms with Crippen LogP contribution in [-0.2, 0) is 4.79 Å². The standard InChI is InChI=1S/C15H11BrN2O2S/c1-20-12-4-2-11(3-5-12)18-15(19)10(9-17)8-13-6-7-14(16)21-13/h2-8H,1H3,(H,18,19). The highest BCUT2D eigenvalue weighted by molar-refractivity contribution is 9.11. The van der Waals surface area contributed by atoms with E-state index in [1.54, 1.807) is 37.5 Å². The lowest BCUT2D eigenvalue weighted by Gasteiger charge is -2.05. The van der Waals surface area contributed by atoms with Gasteiger partial charge in [0.25, 0.3) is 5.91 Å². The Morgan fingerprint density at radius 3 is 2.57 bits per heavy atom. The van der Waals surface area contributed by atoms with Crippen LogP contribution in [0.5, 0.6) is 5.75 Å². The van der Waals surface area contributed by atoms with E-state index in [0.29, 0.717) is 11.4 Å². The molecule has 2 aromatic rings. The van der Waals surface area contributed by atoms with Crippen LogP contribution in [0.1, 0.15) is 4.88 Å². The molecule has 1 heterocycles. The molecule has 0 bridgehead atoms. The molecular formula is C15H11BrN2O2S. The monoisotopic (exact) mass is 362 g/mol. The molecule has 0 unspecified atom stereocenters. The molecule has 1 aromatic carbocycles. The molecule has 0 saturated heterocycles. The molecule has 21 heavy (non-hydrogen) atoms. The summed E-state index contributed by atoms with van der Waals surface area (Å²) in [7, 11) is 1.57. The smallest absolute Gasteiger partial charge is 0.266 e. The summed E-state index contributed by atoms with van der Waals surface area (Å²) in [4.78, 5) is 12.9. The van der Waals surface area contributed by atoms with E-state index >= 15 is 0 Å². The minimum absolute atomic E-state index is 0.0557. The van der Waals surface area contributed by atoms with Crippen molar-refractivity contribution in [3.63, 3.8) is 0 Å². The molecule has 0 atom stereocenters. The molecule has 1 amide bonds. The molecule has 0 aliphatic carbocycles. The van der Waals surface area contributed by atoms with Gasteiger partial charge in [-0.2, -0.15) is 5.26 Å². The van der Waals surface area contributed by atoms with Crippen molar-refractivity contribution in [2.75, 3.05) is 12.4 Å². The Balaban J connectivity index is 2.13. The number of hydrogen-bond donors (Lipinski definition) is 1. The normalized spacial score (nSPS) is 10.8. The summed E-state index contributed by atoms with van der Waals surface area (Å²) in [5.74, 6) is 0.264. The molecule has 1 N–H and O–H groups in total. The molecule has 0 saturated carbocycles. The Kier molecular flexibility index (Phi) is 5.14. The van der Waals surface area contributed by atoms with E-state index in [1.807, 2.05) is 18.2 Å². The van der Waals surface area contributed by atoms with Crippen molar-refractivity contribution >= 4 is 44.9 Å². The highest BCUT2D eigenvalue weighted by atomic mass is 79.9. The van der Waals surface area contributed by atoms with Crippen molar-refractivity contribution in [1.82, 2.24) is 0 Å². The van der Waals surface area contributed by atoms with Crippen molar-refractivity contribution in [3.8, 4) is 11.8 Å². The zero-order chi connectivity index (χ0) is 15.2. The van der Waals surface area contributed by atoms with Crippen LogP contribution in [0.4, 0.5) is 5.69 Å². The predicted octanol–water partition coefficient (Wildman–Crippen LogP) is 4.06. The zero-order valence-electron chi connectivity index (χ0n) is 11.1. The van der Waals surface area contributed by atoms with E-state index in [4.69, 9.17) is 10.00 Å². The summed E-state index contributed by atoms with van der Waals surface area (Å²) in [6.07, 6.45) is 1.56. The highest BCUT2D eigenvalue weighted by Crippen LogP contribution is 2.24. The molecule has 4 nitrogen and oxygen atoms in total. The number of halogens is 1. The van der Waals surface area contributed by atoms with Gasteiger partial charge in [0, 0.05) is 10.6 Å². The van der Waals surface area contributed by atoms with Crippen LogP contribution < -0.4 is 10.1 Å². The number of benzene rings is 1. The lowest BCUT2D eigenvalue weighted by atomic mass is 10.2. The molecule has 0 fully saturated rings. The summed E-state index contributed by atoms with van der Waals surface area (Å²) in [5, 5.41) is 11.8. The van der Waals surface area contributed by atoms with Gasteiger partial charge in [0.1, 0.15) is 17.4 Å². The molecule has 106 valence electrons. The highest BCUT2D eigenvalue weighted by Gasteiger charge is 2.10. The minimum atomic E-state index is -0.438. The van der Waals surface area contributed by atoms with Crippen LogP contribution >= 0.6 is 27.3 Å². The Hall–Kier alpha value is -2.10. The number of nitriles is 1. The number of carbonyl (C=O) groups is 1. The fourth-order valence-electron chi connectivity index (χ4n) is 1.57. The lowest BCUT2D eigenvalue weighted by molar-refractivity contribution is -0.112. The lowest BCUT2D eigenvalue weighted by Crippen LogP contribution is -2.13. The second-order valence-corrected chi connectivity index (χ2v) is 6.49. The van der Waals surface area contributed by atoms with Crippen molar-refractivity contribution in [3.05, 3.63) is 50.6 Å². The first-order valence-electron chi connectivity index (χ1n) is 5.95. The summed E-state index contributed by atoms with van der Waals surface area (Å²) in [5.41, 5.74) is 0.662. The van der Waals surface area contributed by atoms with E-state index in [-0.39, 0.29) is 5.57 Å². The molecular weight excluding hydrogens is 352 g/mol. The van der Waals surface area contributed by atoms with Gasteiger partial charge in [-0.3, -0.25) is 4.79 Å². The molecule has 1 aromatic heterocycles. The van der Waals surface area contributed by atoms with Gasteiger partial charge in [0.15, 0.2) is 0 Å². The first kappa shape index (κ1) is 15.3. The number of carbonyl (C=O) groups excluding carboxylic acids is 1. The zero-order valence-corrected chi connectivity index (χ0v) is 13.5. The van der Waals surface area contributed by atoms with E-state index in [1.165, 1.54) is 11.3 Å².